The number of carbonyl (C=O) groups excluding carboxylic acids is 1. The van der Waals surface area contributed by atoms with Crippen LogP contribution in [-0.4, -0.2) is 66.7 Å². The molecule has 1 aliphatic heterocycles. The third-order valence-corrected chi connectivity index (χ3v) is 3.96. The summed E-state index contributed by atoms with van der Waals surface area (Å²) in [6.45, 7) is 9.28. The van der Waals surface area contributed by atoms with E-state index in [1.165, 1.54) is 0 Å². The van der Waals surface area contributed by atoms with Gasteiger partial charge >= 0.3 is 0 Å². The molecule has 5 nitrogen and oxygen atoms in total. The van der Waals surface area contributed by atoms with Crippen molar-refractivity contribution in [3.63, 3.8) is 0 Å². The summed E-state index contributed by atoms with van der Waals surface area (Å²) in [7, 11) is 0. The number of rotatable bonds is 7. The van der Waals surface area contributed by atoms with Crippen LogP contribution in [0.15, 0.2) is 0 Å². The number of amides is 1. The van der Waals surface area contributed by atoms with Gasteiger partial charge in [-0.3, -0.25) is 9.69 Å². The third-order valence-electron chi connectivity index (χ3n) is 3.96. The standard InChI is InChI=1S/C15H31N3O2/c1-13(2)10-14(12-16)11-15(20)18-5-3-4-17(6-7-18)8-9-19/h13-14,19H,3-12,16H2,1-2H3/t14-/m0/s1. The van der Waals surface area contributed by atoms with Crippen LogP contribution in [0.25, 0.3) is 0 Å². The Morgan fingerprint density at radius 2 is 2.00 bits per heavy atom. The van der Waals surface area contributed by atoms with Gasteiger partial charge in [0.15, 0.2) is 0 Å². The lowest BCUT2D eigenvalue weighted by Gasteiger charge is -2.24. The highest BCUT2D eigenvalue weighted by Crippen LogP contribution is 2.16. The van der Waals surface area contributed by atoms with Gasteiger partial charge in [0.05, 0.1) is 6.61 Å². The van der Waals surface area contributed by atoms with Gasteiger partial charge in [-0.1, -0.05) is 13.8 Å². The first-order valence-electron chi connectivity index (χ1n) is 7.87. The van der Waals surface area contributed by atoms with Crippen LogP contribution in [0, 0.1) is 11.8 Å². The van der Waals surface area contributed by atoms with Gasteiger partial charge < -0.3 is 15.7 Å². The zero-order chi connectivity index (χ0) is 15.0. The van der Waals surface area contributed by atoms with Crippen LogP contribution in [0.4, 0.5) is 0 Å². The molecule has 1 amide bonds. The lowest BCUT2D eigenvalue weighted by atomic mass is 9.94. The molecule has 20 heavy (non-hydrogen) atoms. The number of nitrogens with two attached hydrogens (primary N) is 1. The quantitative estimate of drug-likeness (QED) is 0.716. The van der Waals surface area contributed by atoms with Crippen LogP contribution in [-0.2, 0) is 4.79 Å². The average molecular weight is 285 g/mol. The summed E-state index contributed by atoms with van der Waals surface area (Å²) in [5.41, 5.74) is 5.78. The summed E-state index contributed by atoms with van der Waals surface area (Å²) in [5.74, 6) is 1.13. The van der Waals surface area contributed by atoms with Gasteiger partial charge in [-0.15, -0.1) is 0 Å². The molecule has 1 rings (SSSR count). The van der Waals surface area contributed by atoms with Gasteiger partial charge in [-0.25, -0.2) is 0 Å². The van der Waals surface area contributed by atoms with Crippen molar-refractivity contribution in [2.24, 2.45) is 17.6 Å². The van der Waals surface area contributed by atoms with Gasteiger partial charge in [0.1, 0.15) is 0 Å². The SMILES string of the molecule is CC(C)C[C@H](CN)CC(=O)N1CCCN(CCO)CC1. The van der Waals surface area contributed by atoms with Crippen molar-refractivity contribution >= 4 is 5.91 Å². The fourth-order valence-electron chi connectivity index (χ4n) is 2.89. The van der Waals surface area contributed by atoms with Crippen LogP contribution < -0.4 is 5.73 Å². The first kappa shape index (κ1) is 17.4. The normalized spacial score (nSPS) is 19.1. The van der Waals surface area contributed by atoms with Gasteiger partial charge in [-0.2, -0.15) is 0 Å². The van der Waals surface area contributed by atoms with E-state index >= 15 is 0 Å². The van der Waals surface area contributed by atoms with E-state index in [1.54, 1.807) is 0 Å². The zero-order valence-electron chi connectivity index (χ0n) is 13.1. The molecule has 118 valence electrons. The number of hydrogen-bond acceptors (Lipinski definition) is 4. The molecular weight excluding hydrogens is 254 g/mol. The van der Waals surface area contributed by atoms with E-state index in [2.05, 4.69) is 18.7 Å². The molecule has 1 aliphatic rings. The Bertz CT molecular complexity index is 284. The van der Waals surface area contributed by atoms with Crippen LogP contribution in [0.3, 0.4) is 0 Å². The Kier molecular flexibility index (Phi) is 8.11. The number of carbonyl (C=O) groups is 1. The molecule has 0 aromatic heterocycles. The topological polar surface area (TPSA) is 69.8 Å². The number of nitrogens with zero attached hydrogens (tertiary/aromatic N) is 2. The van der Waals surface area contributed by atoms with Gasteiger partial charge in [0.25, 0.3) is 0 Å². The van der Waals surface area contributed by atoms with Gasteiger partial charge in [-0.05, 0) is 37.8 Å². The van der Waals surface area contributed by atoms with Crippen LogP contribution in [0.2, 0.25) is 0 Å². The van der Waals surface area contributed by atoms with Crippen molar-refractivity contribution in [2.75, 3.05) is 45.9 Å². The highest BCUT2D eigenvalue weighted by atomic mass is 16.3. The van der Waals surface area contributed by atoms with Crippen molar-refractivity contribution in [1.82, 2.24) is 9.80 Å². The van der Waals surface area contributed by atoms with Crippen LogP contribution >= 0.6 is 0 Å². The molecule has 0 aromatic carbocycles. The fourth-order valence-corrected chi connectivity index (χ4v) is 2.89. The second kappa shape index (κ2) is 9.32. The van der Waals surface area contributed by atoms with Crippen LogP contribution in [0.5, 0.6) is 0 Å². The minimum absolute atomic E-state index is 0.192. The molecule has 0 saturated carbocycles. The van der Waals surface area contributed by atoms with Crippen LogP contribution in [0.1, 0.15) is 33.1 Å². The van der Waals surface area contributed by atoms with E-state index in [9.17, 15) is 4.79 Å². The average Bonchev–Trinajstić information content (AvgIpc) is 2.63. The van der Waals surface area contributed by atoms with E-state index in [1.807, 2.05) is 4.90 Å². The lowest BCUT2D eigenvalue weighted by Crippen LogP contribution is -2.37. The molecular formula is C15H31N3O2. The largest absolute Gasteiger partial charge is 0.395 e. The van der Waals surface area contributed by atoms with E-state index < -0.39 is 0 Å². The summed E-state index contributed by atoms with van der Waals surface area (Å²) in [5, 5.41) is 8.98. The monoisotopic (exact) mass is 285 g/mol. The molecule has 0 aliphatic carbocycles. The maximum absolute atomic E-state index is 12.4. The predicted octanol–water partition coefficient (Wildman–Crippen LogP) is 0.524. The molecule has 1 heterocycles. The third kappa shape index (κ3) is 6.20. The summed E-state index contributed by atoms with van der Waals surface area (Å²) >= 11 is 0. The van der Waals surface area contributed by atoms with Gasteiger partial charge in [0, 0.05) is 32.6 Å². The number of aliphatic hydroxyl groups is 1. The molecule has 0 bridgehead atoms. The van der Waals surface area contributed by atoms with E-state index in [-0.39, 0.29) is 12.5 Å². The van der Waals surface area contributed by atoms with E-state index in [0.717, 1.165) is 39.0 Å². The highest BCUT2D eigenvalue weighted by Gasteiger charge is 2.21. The second-order valence-electron chi connectivity index (χ2n) is 6.23. The molecule has 0 spiro atoms. The summed E-state index contributed by atoms with van der Waals surface area (Å²) in [6, 6.07) is 0. The van der Waals surface area contributed by atoms with Crippen molar-refractivity contribution in [2.45, 2.75) is 33.1 Å². The summed E-state index contributed by atoms with van der Waals surface area (Å²) in [6.07, 6.45) is 2.59. The highest BCUT2D eigenvalue weighted by molar-refractivity contribution is 5.76. The maximum atomic E-state index is 12.4. The molecule has 1 fully saturated rings. The Morgan fingerprint density at radius 1 is 1.25 bits per heavy atom. The number of aliphatic hydroxyl groups excluding tert-OH is 1. The lowest BCUT2D eigenvalue weighted by molar-refractivity contribution is -0.132. The zero-order valence-corrected chi connectivity index (χ0v) is 13.1. The minimum Gasteiger partial charge on any atom is -0.395 e. The Balaban J connectivity index is 2.42. The van der Waals surface area contributed by atoms with Crippen molar-refractivity contribution in [3.05, 3.63) is 0 Å². The first-order chi connectivity index (χ1) is 9.56. The molecule has 1 saturated heterocycles. The Morgan fingerprint density at radius 3 is 2.60 bits per heavy atom. The Hall–Kier alpha value is -0.650. The molecule has 1 atom stereocenters. The molecule has 0 radical (unpaired) electrons. The summed E-state index contributed by atoms with van der Waals surface area (Å²) in [4.78, 5) is 16.6. The molecule has 0 aromatic rings. The fraction of sp³-hybridized carbons (Fsp3) is 0.933. The molecule has 3 N–H and O–H groups in total. The second-order valence-corrected chi connectivity index (χ2v) is 6.23. The molecule has 5 heteroatoms. The van der Waals surface area contributed by atoms with E-state index in [0.29, 0.717) is 31.3 Å². The smallest absolute Gasteiger partial charge is 0.222 e. The van der Waals surface area contributed by atoms with Crippen molar-refractivity contribution < 1.29 is 9.90 Å². The van der Waals surface area contributed by atoms with Crippen molar-refractivity contribution in [3.8, 4) is 0 Å². The number of β-amino-alcohol motifs (C(OH)–C–C–N with tert-alkyl or cyclic N) is 1. The van der Waals surface area contributed by atoms with Crippen molar-refractivity contribution in [1.29, 1.82) is 0 Å². The number of hydrogen-bond donors (Lipinski definition) is 2. The van der Waals surface area contributed by atoms with Gasteiger partial charge in [0.2, 0.25) is 5.91 Å². The molecule has 0 unspecified atom stereocenters. The summed E-state index contributed by atoms with van der Waals surface area (Å²) < 4.78 is 0. The Labute approximate surface area is 123 Å². The predicted molar refractivity (Wildman–Crippen MR) is 81.3 cm³/mol. The van der Waals surface area contributed by atoms with E-state index in [4.69, 9.17) is 10.8 Å². The first-order valence-corrected chi connectivity index (χ1v) is 7.87. The minimum atomic E-state index is 0.192. The maximum Gasteiger partial charge on any atom is 0.222 e.